The molecule has 80 valence electrons. The molecule has 15 heavy (non-hydrogen) atoms. The van der Waals surface area contributed by atoms with Crippen LogP contribution in [0.15, 0.2) is 12.1 Å². The molecule has 0 saturated carbocycles. The number of fused-ring (bicyclic) bond motifs is 1. The number of rotatable bonds is 2. The lowest BCUT2D eigenvalue weighted by molar-refractivity contribution is 0.479. The third-order valence-corrected chi connectivity index (χ3v) is 2.79. The first kappa shape index (κ1) is 9.96. The Labute approximate surface area is 88.5 Å². The van der Waals surface area contributed by atoms with Gasteiger partial charge in [0, 0.05) is 7.05 Å². The minimum absolute atomic E-state index is 0.199. The Morgan fingerprint density at radius 3 is 2.67 bits per heavy atom. The highest BCUT2D eigenvalue weighted by Crippen LogP contribution is 2.30. The van der Waals surface area contributed by atoms with Crippen LogP contribution in [0.3, 0.4) is 0 Å². The highest BCUT2D eigenvalue weighted by molar-refractivity contribution is 5.83. The van der Waals surface area contributed by atoms with E-state index in [0.29, 0.717) is 11.4 Å². The standard InChI is InChI=1S/C11H15N3O/c1-4-7(2)8-5-6-9(15)11-10(8)12-14(3)13-11/h5-7,15H,4H2,1-3H3. The van der Waals surface area contributed by atoms with Crippen molar-refractivity contribution >= 4 is 11.0 Å². The monoisotopic (exact) mass is 205 g/mol. The van der Waals surface area contributed by atoms with Crippen molar-refractivity contribution in [3.63, 3.8) is 0 Å². The summed E-state index contributed by atoms with van der Waals surface area (Å²) < 4.78 is 0. The van der Waals surface area contributed by atoms with Crippen LogP contribution in [0.5, 0.6) is 5.75 Å². The van der Waals surface area contributed by atoms with Crippen LogP contribution in [0.1, 0.15) is 31.7 Å². The highest BCUT2D eigenvalue weighted by Gasteiger charge is 2.14. The molecule has 1 heterocycles. The molecule has 0 aliphatic heterocycles. The number of aryl methyl sites for hydroxylation is 1. The summed E-state index contributed by atoms with van der Waals surface area (Å²) >= 11 is 0. The van der Waals surface area contributed by atoms with E-state index in [1.165, 1.54) is 4.80 Å². The molecule has 0 aliphatic carbocycles. The first-order valence-electron chi connectivity index (χ1n) is 5.16. The van der Waals surface area contributed by atoms with Crippen molar-refractivity contribution < 1.29 is 5.11 Å². The normalized spacial score (nSPS) is 13.3. The average Bonchev–Trinajstić information content (AvgIpc) is 2.60. The third kappa shape index (κ3) is 1.56. The van der Waals surface area contributed by atoms with Crippen LogP contribution in [0.4, 0.5) is 0 Å². The van der Waals surface area contributed by atoms with Gasteiger partial charge < -0.3 is 5.11 Å². The molecule has 0 aliphatic rings. The van der Waals surface area contributed by atoms with Gasteiger partial charge in [0.25, 0.3) is 0 Å². The van der Waals surface area contributed by atoms with E-state index >= 15 is 0 Å². The fraction of sp³-hybridized carbons (Fsp3) is 0.455. The lowest BCUT2D eigenvalue weighted by atomic mass is 9.97. The van der Waals surface area contributed by atoms with E-state index in [4.69, 9.17) is 0 Å². The lowest BCUT2D eigenvalue weighted by Gasteiger charge is -2.08. The maximum absolute atomic E-state index is 9.65. The fourth-order valence-corrected chi connectivity index (χ4v) is 1.72. The van der Waals surface area contributed by atoms with Crippen molar-refractivity contribution in [3.8, 4) is 5.75 Å². The van der Waals surface area contributed by atoms with Crippen LogP contribution in [-0.2, 0) is 7.05 Å². The third-order valence-electron chi connectivity index (χ3n) is 2.79. The predicted octanol–water partition coefficient (Wildman–Crippen LogP) is 2.19. The molecule has 4 nitrogen and oxygen atoms in total. The number of aromatic hydroxyl groups is 1. The van der Waals surface area contributed by atoms with E-state index in [-0.39, 0.29) is 5.75 Å². The van der Waals surface area contributed by atoms with E-state index in [1.54, 1.807) is 13.1 Å². The van der Waals surface area contributed by atoms with Crippen LogP contribution in [0, 0.1) is 0 Å². The topological polar surface area (TPSA) is 50.9 Å². The predicted molar refractivity (Wildman–Crippen MR) is 58.9 cm³/mol. The summed E-state index contributed by atoms with van der Waals surface area (Å²) in [6.07, 6.45) is 1.05. The Morgan fingerprint density at radius 1 is 1.33 bits per heavy atom. The molecule has 4 heteroatoms. The number of hydrogen-bond acceptors (Lipinski definition) is 3. The maximum Gasteiger partial charge on any atom is 0.155 e. The number of hydrogen-bond donors (Lipinski definition) is 1. The van der Waals surface area contributed by atoms with Crippen molar-refractivity contribution in [2.75, 3.05) is 0 Å². The number of aromatic nitrogens is 3. The second-order valence-electron chi connectivity index (χ2n) is 3.87. The molecule has 0 amide bonds. The van der Waals surface area contributed by atoms with Crippen LogP contribution in [0.2, 0.25) is 0 Å². The molecule has 0 radical (unpaired) electrons. The molecule has 0 saturated heterocycles. The summed E-state index contributed by atoms with van der Waals surface area (Å²) in [5.41, 5.74) is 2.56. The van der Waals surface area contributed by atoms with Gasteiger partial charge in [-0.25, -0.2) is 0 Å². The van der Waals surface area contributed by atoms with E-state index < -0.39 is 0 Å². The van der Waals surface area contributed by atoms with Crippen LogP contribution in [0.25, 0.3) is 11.0 Å². The van der Waals surface area contributed by atoms with Gasteiger partial charge in [-0.15, -0.1) is 5.10 Å². The summed E-state index contributed by atoms with van der Waals surface area (Å²) in [5.74, 6) is 0.634. The van der Waals surface area contributed by atoms with Gasteiger partial charge in [0.15, 0.2) is 5.52 Å². The SMILES string of the molecule is CCC(C)c1ccc(O)c2nn(C)nc12. The molecule has 2 aromatic rings. The summed E-state index contributed by atoms with van der Waals surface area (Å²) in [5, 5.41) is 18.1. The minimum atomic E-state index is 0.199. The van der Waals surface area contributed by atoms with Gasteiger partial charge in [-0.2, -0.15) is 9.90 Å². The molecule has 0 spiro atoms. The Hall–Kier alpha value is -1.58. The zero-order valence-corrected chi connectivity index (χ0v) is 9.23. The second kappa shape index (κ2) is 3.53. The molecule has 0 bridgehead atoms. The number of nitrogens with zero attached hydrogens (tertiary/aromatic N) is 3. The van der Waals surface area contributed by atoms with Crippen molar-refractivity contribution in [1.29, 1.82) is 0 Å². The lowest BCUT2D eigenvalue weighted by Crippen LogP contribution is -1.94. The number of phenolic OH excluding ortho intramolecular Hbond substituents is 1. The zero-order valence-electron chi connectivity index (χ0n) is 9.23. The quantitative estimate of drug-likeness (QED) is 0.817. The van der Waals surface area contributed by atoms with Crippen molar-refractivity contribution in [1.82, 2.24) is 15.0 Å². The van der Waals surface area contributed by atoms with Gasteiger partial charge in [-0.3, -0.25) is 0 Å². The Balaban J connectivity index is 2.71. The number of benzene rings is 1. The Kier molecular flexibility index (Phi) is 2.34. The molecule has 1 atom stereocenters. The molecule has 1 aromatic carbocycles. The molecular weight excluding hydrogens is 190 g/mol. The van der Waals surface area contributed by atoms with Crippen LogP contribution >= 0.6 is 0 Å². The largest absolute Gasteiger partial charge is 0.506 e. The Bertz CT molecular complexity index is 490. The molecule has 1 N–H and O–H groups in total. The summed E-state index contributed by atoms with van der Waals surface area (Å²) in [6, 6.07) is 3.62. The first-order valence-corrected chi connectivity index (χ1v) is 5.16. The first-order chi connectivity index (χ1) is 7.13. The number of phenols is 1. The second-order valence-corrected chi connectivity index (χ2v) is 3.87. The maximum atomic E-state index is 9.65. The molecular formula is C11H15N3O. The van der Waals surface area contributed by atoms with Crippen molar-refractivity contribution in [3.05, 3.63) is 17.7 Å². The van der Waals surface area contributed by atoms with Crippen molar-refractivity contribution in [2.45, 2.75) is 26.2 Å². The van der Waals surface area contributed by atoms with Crippen LogP contribution < -0.4 is 0 Å². The van der Waals surface area contributed by atoms with E-state index in [9.17, 15) is 5.11 Å². The van der Waals surface area contributed by atoms with Gasteiger partial charge in [0.1, 0.15) is 11.3 Å². The molecule has 1 aromatic heterocycles. The van der Waals surface area contributed by atoms with Gasteiger partial charge in [0.05, 0.1) is 0 Å². The van der Waals surface area contributed by atoms with Crippen molar-refractivity contribution in [2.24, 2.45) is 7.05 Å². The summed E-state index contributed by atoms with van der Waals surface area (Å²) in [7, 11) is 1.76. The van der Waals surface area contributed by atoms with E-state index in [1.807, 2.05) is 6.07 Å². The summed E-state index contributed by atoms with van der Waals surface area (Å²) in [6.45, 7) is 4.29. The molecule has 1 unspecified atom stereocenters. The van der Waals surface area contributed by atoms with E-state index in [0.717, 1.165) is 17.5 Å². The van der Waals surface area contributed by atoms with Gasteiger partial charge in [-0.05, 0) is 24.0 Å². The van der Waals surface area contributed by atoms with E-state index in [2.05, 4.69) is 24.0 Å². The average molecular weight is 205 g/mol. The Morgan fingerprint density at radius 2 is 2.00 bits per heavy atom. The molecule has 0 fully saturated rings. The minimum Gasteiger partial charge on any atom is -0.506 e. The van der Waals surface area contributed by atoms with Crippen LogP contribution in [-0.4, -0.2) is 20.1 Å². The summed E-state index contributed by atoms with van der Waals surface area (Å²) in [4.78, 5) is 1.50. The van der Waals surface area contributed by atoms with Gasteiger partial charge in [0.2, 0.25) is 0 Å². The smallest absolute Gasteiger partial charge is 0.155 e. The van der Waals surface area contributed by atoms with Gasteiger partial charge >= 0.3 is 0 Å². The zero-order chi connectivity index (χ0) is 11.0. The van der Waals surface area contributed by atoms with Gasteiger partial charge in [-0.1, -0.05) is 19.9 Å². The fourth-order valence-electron chi connectivity index (χ4n) is 1.72. The highest BCUT2D eigenvalue weighted by atomic mass is 16.3. The molecule has 2 rings (SSSR count).